The molecule has 6 heteroatoms. The van der Waals surface area contributed by atoms with E-state index in [4.69, 9.17) is 0 Å². The van der Waals surface area contributed by atoms with Gasteiger partial charge >= 0.3 is 5.51 Å². The first kappa shape index (κ1) is 10.2. The third-order valence-electron chi connectivity index (χ3n) is 1.67. The third kappa shape index (κ3) is 2.59. The molecule has 2 nitrogen and oxygen atoms in total. The zero-order valence-electron chi connectivity index (χ0n) is 7.32. The summed E-state index contributed by atoms with van der Waals surface area (Å²) in [4.78, 5) is 7.42. The van der Waals surface area contributed by atoms with E-state index >= 15 is 0 Å². The molecule has 1 aromatic carbocycles. The second-order valence-electron chi connectivity index (χ2n) is 2.76. The second-order valence-corrected chi connectivity index (χ2v) is 3.79. The minimum atomic E-state index is -4.34. The molecule has 0 fully saturated rings. The van der Waals surface area contributed by atoms with Gasteiger partial charge in [0.05, 0.1) is 5.52 Å². The Hall–Kier alpha value is -1.30. The molecule has 78 valence electrons. The molecule has 0 amide bonds. The quantitative estimate of drug-likeness (QED) is 0.555. The van der Waals surface area contributed by atoms with Gasteiger partial charge in [-0.25, -0.2) is 9.97 Å². The minimum Gasteiger partial charge on any atom is -0.230 e. The van der Waals surface area contributed by atoms with E-state index in [2.05, 4.69) is 9.97 Å². The van der Waals surface area contributed by atoms with Crippen molar-refractivity contribution in [1.29, 1.82) is 0 Å². The lowest BCUT2D eigenvalue weighted by molar-refractivity contribution is -0.0330. The third-order valence-corrected chi connectivity index (χ3v) is 2.28. The lowest BCUT2D eigenvalue weighted by Gasteiger charge is -2.04. The van der Waals surface area contributed by atoms with Crippen LogP contribution in [0.15, 0.2) is 35.6 Å². The van der Waals surface area contributed by atoms with Gasteiger partial charge in [0.2, 0.25) is 0 Å². The molecule has 0 bridgehead atoms. The summed E-state index contributed by atoms with van der Waals surface area (Å²) in [7, 11) is 0. The van der Waals surface area contributed by atoms with Crippen molar-refractivity contribution in [2.45, 2.75) is 10.7 Å². The zero-order chi connectivity index (χ0) is 10.9. The molecule has 1 aromatic heterocycles. The van der Waals surface area contributed by atoms with Crippen molar-refractivity contribution in [1.82, 2.24) is 9.97 Å². The normalized spacial score (nSPS) is 11.9. The highest BCUT2D eigenvalue weighted by molar-refractivity contribution is 8.00. The van der Waals surface area contributed by atoms with Crippen molar-refractivity contribution in [3.05, 3.63) is 30.5 Å². The van der Waals surface area contributed by atoms with Crippen LogP contribution >= 0.6 is 11.8 Å². The lowest BCUT2D eigenvalue weighted by atomic mass is 10.2. The van der Waals surface area contributed by atoms with Gasteiger partial charge in [-0.05, 0) is 6.07 Å². The first-order valence-corrected chi connectivity index (χ1v) is 4.84. The van der Waals surface area contributed by atoms with E-state index in [1.54, 1.807) is 24.3 Å². The van der Waals surface area contributed by atoms with Gasteiger partial charge in [-0.1, -0.05) is 18.2 Å². The van der Waals surface area contributed by atoms with Crippen LogP contribution in [0.25, 0.3) is 10.9 Å². The largest absolute Gasteiger partial charge is 0.449 e. The monoisotopic (exact) mass is 230 g/mol. The number of aromatic nitrogens is 2. The molecule has 0 saturated carbocycles. The summed E-state index contributed by atoms with van der Waals surface area (Å²) in [5, 5.41) is 0.449. The van der Waals surface area contributed by atoms with Gasteiger partial charge in [0.15, 0.2) is 5.16 Å². The Morgan fingerprint density at radius 3 is 2.60 bits per heavy atom. The van der Waals surface area contributed by atoms with Crippen LogP contribution in [0.2, 0.25) is 0 Å². The van der Waals surface area contributed by atoms with Crippen molar-refractivity contribution in [3.8, 4) is 0 Å². The molecule has 2 rings (SSSR count). The molecule has 15 heavy (non-hydrogen) atoms. The number of thioether (sulfide) groups is 1. The van der Waals surface area contributed by atoms with Gasteiger partial charge < -0.3 is 0 Å². The van der Waals surface area contributed by atoms with E-state index in [0.29, 0.717) is 5.52 Å². The van der Waals surface area contributed by atoms with Crippen molar-refractivity contribution >= 4 is 22.7 Å². The van der Waals surface area contributed by atoms with Crippen molar-refractivity contribution in [2.75, 3.05) is 0 Å². The number of hydrogen-bond donors (Lipinski definition) is 0. The van der Waals surface area contributed by atoms with Gasteiger partial charge in [0.25, 0.3) is 0 Å². The SMILES string of the molecule is FC(F)(F)Sc1ncc2ccccc2n1. The van der Waals surface area contributed by atoms with Gasteiger partial charge in [0.1, 0.15) is 0 Å². The van der Waals surface area contributed by atoms with E-state index in [9.17, 15) is 13.2 Å². The lowest BCUT2D eigenvalue weighted by Crippen LogP contribution is -2.01. The molecule has 2 aromatic rings. The number of benzene rings is 1. The highest BCUT2D eigenvalue weighted by atomic mass is 32.2. The molecule has 0 saturated heterocycles. The fourth-order valence-corrected chi connectivity index (χ4v) is 1.56. The predicted octanol–water partition coefficient (Wildman–Crippen LogP) is 3.24. The Morgan fingerprint density at radius 1 is 1.13 bits per heavy atom. The number of nitrogens with zero attached hydrogens (tertiary/aromatic N) is 2. The average Bonchev–Trinajstić information content (AvgIpc) is 2.15. The summed E-state index contributed by atoms with van der Waals surface area (Å²) in [6.45, 7) is 0. The summed E-state index contributed by atoms with van der Waals surface area (Å²) in [6, 6.07) is 6.90. The molecule has 0 aliphatic rings. The van der Waals surface area contributed by atoms with E-state index < -0.39 is 5.51 Å². The highest BCUT2D eigenvalue weighted by Crippen LogP contribution is 2.34. The molecule has 0 unspecified atom stereocenters. The number of hydrogen-bond acceptors (Lipinski definition) is 3. The highest BCUT2D eigenvalue weighted by Gasteiger charge is 2.30. The number of halogens is 3. The number of fused-ring (bicyclic) bond motifs is 1. The van der Waals surface area contributed by atoms with E-state index in [-0.39, 0.29) is 16.9 Å². The first-order chi connectivity index (χ1) is 7.04. The zero-order valence-corrected chi connectivity index (χ0v) is 8.14. The second kappa shape index (κ2) is 3.69. The van der Waals surface area contributed by atoms with Crippen LogP contribution in [-0.2, 0) is 0 Å². The summed E-state index contributed by atoms with van der Waals surface area (Å²) in [5.74, 6) is 0. The average molecular weight is 230 g/mol. The summed E-state index contributed by atoms with van der Waals surface area (Å²) < 4.78 is 36.1. The fraction of sp³-hybridized carbons (Fsp3) is 0.111. The maximum atomic E-state index is 12.0. The number of para-hydroxylation sites is 1. The molecular weight excluding hydrogens is 225 g/mol. The van der Waals surface area contributed by atoms with Gasteiger partial charge in [-0.3, -0.25) is 0 Å². The molecule has 0 aliphatic carbocycles. The molecule has 0 atom stereocenters. The standard InChI is InChI=1S/C9H5F3N2S/c10-9(11,12)15-8-13-5-6-3-1-2-4-7(6)14-8/h1-5H. The Kier molecular flexibility index (Phi) is 2.52. The van der Waals surface area contributed by atoms with Crippen LogP contribution < -0.4 is 0 Å². The van der Waals surface area contributed by atoms with Crippen LogP contribution in [0.1, 0.15) is 0 Å². The smallest absolute Gasteiger partial charge is 0.230 e. The summed E-state index contributed by atoms with van der Waals surface area (Å²) in [6.07, 6.45) is 1.39. The van der Waals surface area contributed by atoms with Crippen LogP contribution in [0.3, 0.4) is 0 Å². The maximum Gasteiger partial charge on any atom is 0.449 e. The van der Waals surface area contributed by atoms with Crippen LogP contribution in [0, 0.1) is 0 Å². The van der Waals surface area contributed by atoms with Gasteiger partial charge in [-0.15, -0.1) is 0 Å². The van der Waals surface area contributed by atoms with Crippen molar-refractivity contribution in [2.24, 2.45) is 0 Å². The number of rotatable bonds is 1. The first-order valence-electron chi connectivity index (χ1n) is 4.02. The van der Waals surface area contributed by atoms with Crippen molar-refractivity contribution < 1.29 is 13.2 Å². The topological polar surface area (TPSA) is 25.8 Å². The van der Waals surface area contributed by atoms with Gasteiger partial charge in [-0.2, -0.15) is 13.2 Å². The van der Waals surface area contributed by atoms with Gasteiger partial charge in [0, 0.05) is 23.3 Å². The fourth-order valence-electron chi connectivity index (χ4n) is 1.11. The molecule has 0 N–H and O–H groups in total. The Labute approximate surface area is 87.5 Å². The number of alkyl halides is 3. The molecular formula is C9H5F3N2S. The Bertz CT molecular complexity index is 484. The maximum absolute atomic E-state index is 12.0. The van der Waals surface area contributed by atoms with Crippen LogP contribution in [-0.4, -0.2) is 15.5 Å². The van der Waals surface area contributed by atoms with Crippen LogP contribution in [0.4, 0.5) is 13.2 Å². The molecule has 0 aliphatic heterocycles. The van der Waals surface area contributed by atoms with E-state index in [1.165, 1.54) is 6.20 Å². The van der Waals surface area contributed by atoms with Crippen LogP contribution in [0.5, 0.6) is 0 Å². The Morgan fingerprint density at radius 2 is 1.87 bits per heavy atom. The van der Waals surface area contributed by atoms with E-state index in [0.717, 1.165) is 5.39 Å². The molecule has 0 radical (unpaired) electrons. The Balaban J connectivity index is 2.39. The summed E-state index contributed by atoms with van der Waals surface area (Å²) >= 11 is -0.307. The molecule has 0 spiro atoms. The van der Waals surface area contributed by atoms with Crippen molar-refractivity contribution in [3.63, 3.8) is 0 Å². The minimum absolute atomic E-state index is 0.277. The summed E-state index contributed by atoms with van der Waals surface area (Å²) in [5.41, 5.74) is -3.83. The predicted molar refractivity (Wildman–Crippen MR) is 51.5 cm³/mol. The van der Waals surface area contributed by atoms with E-state index in [1.807, 2.05) is 0 Å². The molecule has 1 heterocycles.